The van der Waals surface area contributed by atoms with Gasteiger partial charge in [0.1, 0.15) is 0 Å². The van der Waals surface area contributed by atoms with Gasteiger partial charge in [0.2, 0.25) is 10.0 Å². The van der Waals surface area contributed by atoms with Crippen molar-refractivity contribution in [3.63, 3.8) is 0 Å². The summed E-state index contributed by atoms with van der Waals surface area (Å²) >= 11 is 5.67. The van der Waals surface area contributed by atoms with Gasteiger partial charge in [0.15, 0.2) is 0 Å². The van der Waals surface area contributed by atoms with E-state index < -0.39 is 21.9 Å². The van der Waals surface area contributed by atoms with Crippen molar-refractivity contribution in [2.75, 3.05) is 13.1 Å². The number of rotatable bonds is 3. The highest BCUT2D eigenvalue weighted by Gasteiger charge is 2.40. The second-order valence-corrected chi connectivity index (χ2v) is 6.19. The third-order valence-electron chi connectivity index (χ3n) is 2.65. The molecule has 2 rings (SSSR count). The van der Waals surface area contributed by atoms with E-state index in [0.717, 1.165) is 4.31 Å². The Morgan fingerprint density at radius 2 is 1.82 bits per heavy atom. The average Bonchev–Trinajstić information content (AvgIpc) is 2.14. The lowest BCUT2D eigenvalue weighted by Gasteiger charge is -2.35. The topological polar surface area (TPSA) is 74.7 Å². The number of carbonyl (C=O) groups is 1. The molecule has 92 valence electrons. The molecule has 17 heavy (non-hydrogen) atoms. The van der Waals surface area contributed by atoms with Crippen LogP contribution in [-0.2, 0) is 14.8 Å². The zero-order valence-corrected chi connectivity index (χ0v) is 10.3. The van der Waals surface area contributed by atoms with E-state index in [9.17, 15) is 13.2 Å². The van der Waals surface area contributed by atoms with Crippen LogP contribution in [-0.4, -0.2) is 36.9 Å². The van der Waals surface area contributed by atoms with Crippen molar-refractivity contribution < 1.29 is 18.3 Å². The number of sulfonamides is 1. The lowest BCUT2D eigenvalue weighted by atomic mass is 10.0. The predicted octanol–water partition coefficient (Wildman–Crippen LogP) is 1.05. The van der Waals surface area contributed by atoms with Crippen LogP contribution >= 0.6 is 11.6 Å². The maximum Gasteiger partial charge on any atom is 0.309 e. The molecule has 1 aromatic rings. The highest BCUT2D eigenvalue weighted by atomic mass is 35.5. The van der Waals surface area contributed by atoms with Crippen LogP contribution in [0.4, 0.5) is 0 Å². The first-order valence-electron chi connectivity index (χ1n) is 4.90. The summed E-state index contributed by atoms with van der Waals surface area (Å²) in [5.41, 5.74) is 0. The first-order valence-corrected chi connectivity index (χ1v) is 6.71. The molecule has 1 aromatic carbocycles. The lowest BCUT2D eigenvalue weighted by Crippen LogP contribution is -2.52. The first-order chi connectivity index (χ1) is 7.91. The zero-order chi connectivity index (χ0) is 12.6. The van der Waals surface area contributed by atoms with Gasteiger partial charge in [-0.1, -0.05) is 11.6 Å². The number of aliphatic carboxylic acids is 1. The fourth-order valence-corrected chi connectivity index (χ4v) is 3.20. The van der Waals surface area contributed by atoms with Gasteiger partial charge in [-0.15, -0.1) is 0 Å². The Hall–Kier alpha value is -1.11. The van der Waals surface area contributed by atoms with Crippen molar-refractivity contribution in [2.24, 2.45) is 5.92 Å². The maximum atomic E-state index is 12.0. The summed E-state index contributed by atoms with van der Waals surface area (Å²) in [5, 5.41) is 9.14. The minimum Gasteiger partial charge on any atom is -0.481 e. The molecule has 0 aromatic heterocycles. The van der Waals surface area contributed by atoms with E-state index >= 15 is 0 Å². The molecule has 1 N–H and O–H groups in total. The predicted molar refractivity (Wildman–Crippen MR) is 61.3 cm³/mol. The van der Waals surface area contributed by atoms with Gasteiger partial charge in [0.05, 0.1) is 10.8 Å². The van der Waals surface area contributed by atoms with Crippen LogP contribution in [0.15, 0.2) is 29.2 Å². The number of benzene rings is 1. The summed E-state index contributed by atoms with van der Waals surface area (Å²) in [7, 11) is -3.57. The average molecular weight is 276 g/mol. The third-order valence-corrected chi connectivity index (χ3v) is 4.75. The highest BCUT2D eigenvalue weighted by Crippen LogP contribution is 2.25. The molecule has 1 aliphatic heterocycles. The molecule has 0 bridgehead atoms. The quantitative estimate of drug-likeness (QED) is 0.895. The molecule has 0 spiro atoms. The van der Waals surface area contributed by atoms with Crippen LogP contribution in [0.1, 0.15) is 0 Å². The number of hydrogen-bond acceptors (Lipinski definition) is 3. The number of halogens is 1. The Morgan fingerprint density at radius 3 is 2.29 bits per heavy atom. The monoisotopic (exact) mass is 275 g/mol. The van der Waals surface area contributed by atoms with Gasteiger partial charge in [0, 0.05) is 18.1 Å². The van der Waals surface area contributed by atoms with Crippen LogP contribution in [0.2, 0.25) is 5.02 Å². The van der Waals surface area contributed by atoms with Gasteiger partial charge in [0.25, 0.3) is 0 Å². The van der Waals surface area contributed by atoms with Crippen molar-refractivity contribution in [3.05, 3.63) is 29.3 Å². The molecule has 1 fully saturated rings. The molecule has 0 aliphatic carbocycles. The van der Waals surface area contributed by atoms with E-state index in [1.807, 2.05) is 0 Å². The number of carboxylic acid groups (broad SMARTS) is 1. The summed E-state index contributed by atoms with van der Waals surface area (Å²) in [6, 6.07) is 5.79. The van der Waals surface area contributed by atoms with Gasteiger partial charge < -0.3 is 5.11 Å². The Labute approximate surface area is 104 Å². The molecule has 1 aliphatic rings. The van der Waals surface area contributed by atoms with E-state index in [1.54, 1.807) is 0 Å². The van der Waals surface area contributed by atoms with E-state index in [1.165, 1.54) is 24.3 Å². The van der Waals surface area contributed by atoms with Gasteiger partial charge in [-0.25, -0.2) is 8.42 Å². The third kappa shape index (κ3) is 2.29. The van der Waals surface area contributed by atoms with Crippen molar-refractivity contribution in [3.8, 4) is 0 Å². The molecule has 7 heteroatoms. The first kappa shape index (κ1) is 12.3. The van der Waals surface area contributed by atoms with Gasteiger partial charge in [-0.2, -0.15) is 4.31 Å². The summed E-state index contributed by atoms with van der Waals surface area (Å²) in [6.45, 7) is 0.0561. The molecule has 1 saturated heterocycles. The van der Waals surface area contributed by atoms with Gasteiger partial charge in [-0.3, -0.25) is 4.79 Å². The smallest absolute Gasteiger partial charge is 0.309 e. The second kappa shape index (κ2) is 4.29. The lowest BCUT2D eigenvalue weighted by molar-refractivity contribution is -0.145. The number of carboxylic acids is 1. The van der Waals surface area contributed by atoms with E-state index in [0.29, 0.717) is 5.02 Å². The van der Waals surface area contributed by atoms with Crippen molar-refractivity contribution in [1.29, 1.82) is 0 Å². The van der Waals surface area contributed by atoms with Crippen molar-refractivity contribution >= 4 is 27.6 Å². The molecule has 5 nitrogen and oxygen atoms in total. The Bertz CT molecular complexity index is 534. The Kier molecular flexibility index (Phi) is 3.11. The molecule has 1 heterocycles. The zero-order valence-electron chi connectivity index (χ0n) is 8.71. The fourth-order valence-electron chi connectivity index (χ4n) is 1.55. The molecule has 0 atom stereocenters. The molecule has 0 amide bonds. The van der Waals surface area contributed by atoms with Crippen LogP contribution in [0.5, 0.6) is 0 Å². The molecule has 0 saturated carbocycles. The minimum atomic E-state index is -3.57. The maximum absolute atomic E-state index is 12.0. The Balaban J connectivity index is 2.16. The molecular weight excluding hydrogens is 266 g/mol. The van der Waals surface area contributed by atoms with E-state index in [-0.39, 0.29) is 18.0 Å². The molecule has 0 radical (unpaired) electrons. The molecular formula is C10H10ClNO4S. The largest absolute Gasteiger partial charge is 0.481 e. The summed E-state index contributed by atoms with van der Waals surface area (Å²) in [5.74, 6) is -1.57. The fraction of sp³-hybridized carbons (Fsp3) is 0.300. The molecule has 0 unspecified atom stereocenters. The summed E-state index contributed by atoms with van der Waals surface area (Å²) in [4.78, 5) is 10.7. The Morgan fingerprint density at radius 1 is 1.29 bits per heavy atom. The van der Waals surface area contributed by atoms with Crippen LogP contribution in [0.3, 0.4) is 0 Å². The van der Waals surface area contributed by atoms with Crippen LogP contribution < -0.4 is 0 Å². The highest BCUT2D eigenvalue weighted by molar-refractivity contribution is 7.89. The number of hydrogen-bond donors (Lipinski definition) is 1. The minimum absolute atomic E-state index is 0.0281. The normalized spacial score (nSPS) is 17.7. The van der Waals surface area contributed by atoms with Crippen LogP contribution in [0.25, 0.3) is 0 Å². The number of nitrogens with zero attached hydrogens (tertiary/aromatic N) is 1. The summed E-state index contributed by atoms with van der Waals surface area (Å²) in [6.07, 6.45) is 0. The standard InChI is InChI=1S/C10H10ClNO4S/c11-8-1-3-9(4-2-8)17(15,16)12-5-7(6-12)10(13)14/h1-4,7H,5-6H2,(H,13,14). The van der Waals surface area contributed by atoms with Gasteiger partial charge >= 0.3 is 5.97 Å². The van der Waals surface area contributed by atoms with Crippen LogP contribution in [0, 0.1) is 5.92 Å². The van der Waals surface area contributed by atoms with Gasteiger partial charge in [-0.05, 0) is 24.3 Å². The second-order valence-electron chi connectivity index (χ2n) is 3.81. The van der Waals surface area contributed by atoms with Crippen molar-refractivity contribution in [1.82, 2.24) is 4.31 Å². The summed E-state index contributed by atoms with van der Waals surface area (Å²) < 4.78 is 25.1. The van der Waals surface area contributed by atoms with E-state index in [4.69, 9.17) is 16.7 Å². The van der Waals surface area contributed by atoms with Crippen molar-refractivity contribution in [2.45, 2.75) is 4.90 Å². The van der Waals surface area contributed by atoms with E-state index in [2.05, 4.69) is 0 Å². The SMILES string of the molecule is O=C(O)C1CN(S(=O)(=O)c2ccc(Cl)cc2)C1.